The van der Waals surface area contributed by atoms with E-state index in [4.69, 9.17) is 9.15 Å². The number of phenolic OH excluding ortho intramolecular Hbond substituents is 1. The maximum atomic E-state index is 11.9. The van der Waals surface area contributed by atoms with Crippen molar-refractivity contribution in [2.45, 2.75) is 19.8 Å². The zero-order valence-corrected chi connectivity index (χ0v) is 13.3. The monoisotopic (exact) mass is 319 g/mol. The fourth-order valence-corrected chi connectivity index (χ4v) is 2.24. The highest BCUT2D eigenvalue weighted by Crippen LogP contribution is 2.34. The molecule has 0 spiro atoms. The van der Waals surface area contributed by atoms with Crippen LogP contribution in [0.5, 0.6) is 17.2 Å². The van der Waals surface area contributed by atoms with Gasteiger partial charge < -0.3 is 24.7 Å². The zero-order chi connectivity index (χ0) is 16.8. The van der Waals surface area contributed by atoms with Gasteiger partial charge in [-0.2, -0.15) is 0 Å². The number of hydrogen-bond donors (Lipinski definition) is 3. The van der Waals surface area contributed by atoms with Crippen molar-refractivity contribution in [3.05, 3.63) is 40.2 Å². The maximum absolute atomic E-state index is 11.9. The third-order valence-electron chi connectivity index (χ3n) is 3.44. The van der Waals surface area contributed by atoms with Gasteiger partial charge in [-0.1, -0.05) is 6.92 Å². The van der Waals surface area contributed by atoms with Gasteiger partial charge in [-0.15, -0.1) is 0 Å². The molecular weight excluding hydrogens is 298 g/mol. The van der Waals surface area contributed by atoms with Gasteiger partial charge in [-0.05, 0) is 37.7 Å². The van der Waals surface area contributed by atoms with Crippen molar-refractivity contribution in [1.29, 1.82) is 0 Å². The Morgan fingerprint density at radius 2 is 2.04 bits per heavy atom. The summed E-state index contributed by atoms with van der Waals surface area (Å²) >= 11 is 0. The molecule has 6 heteroatoms. The number of aryl methyl sites for hydroxylation is 1. The summed E-state index contributed by atoms with van der Waals surface area (Å²) in [7, 11) is 1.42. The van der Waals surface area contributed by atoms with Gasteiger partial charge in [-0.3, -0.25) is 4.79 Å². The van der Waals surface area contributed by atoms with Crippen molar-refractivity contribution in [3.8, 4) is 28.6 Å². The van der Waals surface area contributed by atoms with E-state index in [0.29, 0.717) is 17.7 Å². The maximum Gasteiger partial charge on any atom is 0.227 e. The van der Waals surface area contributed by atoms with Gasteiger partial charge in [0.05, 0.1) is 7.11 Å². The molecule has 0 aliphatic rings. The van der Waals surface area contributed by atoms with Crippen molar-refractivity contribution in [2.24, 2.45) is 0 Å². The molecule has 3 N–H and O–H groups in total. The normalized spacial score (nSPS) is 10.7. The second kappa shape index (κ2) is 7.69. The average molecular weight is 319 g/mol. The highest BCUT2D eigenvalue weighted by atomic mass is 16.5. The van der Waals surface area contributed by atoms with Crippen molar-refractivity contribution in [2.75, 3.05) is 20.2 Å². The first-order valence-electron chi connectivity index (χ1n) is 7.51. The van der Waals surface area contributed by atoms with Crippen LogP contribution in [-0.2, 0) is 6.42 Å². The molecule has 0 fully saturated rings. The Labute approximate surface area is 134 Å². The molecule has 0 atom stereocenters. The van der Waals surface area contributed by atoms with Crippen LogP contribution in [0.2, 0.25) is 0 Å². The van der Waals surface area contributed by atoms with Crippen LogP contribution in [0.1, 0.15) is 19.1 Å². The fourth-order valence-electron chi connectivity index (χ4n) is 2.24. The van der Waals surface area contributed by atoms with Gasteiger partial charge in [0.15, 0.2) is 17.3 Å². The number of methoxy groups -OCH3 is 1. The van der Waals surface area contributed by atoms with Crippen LogP contribution in [0.25, 0.3) is 11.3 Å². The molecule has 0 aliphatic carbocycles. The van der Waals surface area contributed by atoms with Gasteiger partial charge >= 0.3 is 0 Å². The number of phenols is 1. The highest BCUT2D eigenvalue weighted by molar-refractivity contribution is 5.67. The molecule has 0 radical (unpaired) electrons. The van der Waals surface area contributed by atoms with Gasteiger partial charge in [-0.25, -0.2) is 0 Å². The second-order valence-electron chi connectivity index (χ2n) is 5.10. The molecular formula is C17H21NO5. The molecule has 0 amide bonds. The molecule has 2 aromatic rings. The summed E-state index contributed by atoms with van der Waals surface area (Å²) in [4.78, 5) is 11.9. The average Bonchev–Trinajstić information content (AvgIpc) is 2.55. The summed E-state index contributed by atoms with van der Waals surface area (Å²) in [6, 6.07) is 5.79. The molecule has 0 saturated carbocycles. The minimum Gasteiger partial charge on any atom is -0.504 e. The zero-order valence-electron chi connectivity index (χ0n) is 13.3. The highest BCUT2D eigenvalue weighted by Gasteiger charge is 2.15. The van der Waals surface area contributed by atoms with E-state index >= 15 is 0 Å². The predicted molar refractivity (Wildman–Crippen MR) is 87.2 cm³/mol. The van der Waals surface area contributed by atoms with E-state index in [-0.39, 0.29) is 17.3 Å². The first-order chi connectivity index (χ1) is 11.1. The van der Waals surface area contributed by atoms with E-state index in [2.05, 4.69) is 5.32 Å². The summed E-state index contributed by atoms with van der Waals surface area (Å²) in [5.41, 5.74) is -0.0282. The Kier molecular flexibility index (Phi) is 5.65. The van der Waals surface area contributed by atoms with E-state index in [9.17, 15) is 15.0 Å². The van der Waals surface area contributed by atoms with E-state index in [1.165, 1.54) is 25.3 Å². The van der Waals surface area contributed by atoms with Gasteiger partial charge in [0.25, 0.3) is 0 Å². The Hall–Kier alpha value is -2.47. The summed E-state index contributed by atoms with van der Waals surface area (Å²) in [6.07, 6.45) is 1.41. The summed E-state index contributed by atoms with van der Waals surface area (Å²) in [6.45, 7) is 3.73. The van der Waals surface area contributed by atoms with Crippen molar-refractivity contribution in [3.63, 3.8) is 0 Å². The molecule has 23 heavy (non-hydrogen) atoms. The third kappa shape index (κ3) is 4.04. The van der Waals surface area contributed by atoms with Gasteiger partial charge in [0.2, 0.25) is 11.2 Å². The van der Waals surface area contributed by atoms with E-state index in [0.717, 1.165) is 19.5 Å². The molecule has 1 heterocycles. The Bertz CT molecular complexity index is 723. The molecule has 0 saturated heterocycles. The smallest absolute Gasteiger partial charge is 0.227 e. The molecule has 1 aromatic heterocycles. The van der Waals surface area contributed by atoms with Crippen molar-refractivity contribution in [1.82, 2.24) is 5.32 Å². The largest absolute Gasteiger partial charge is 0.504 e. The Balaban J connectivity index is 2.34. The van der Waals surface area contributed by atoms with Crippen LogP contribution in [0.4, 0.5) is 0 Å². The number of nitrogens with one attached hydrogen (secondary N) is 1. The molecule has 0 aliphatic heterocycles. The standard InChI is InChI=1S/C17H21NO5/c1-3-18-8-4-5-12-10-14(20)16(21)17(23-12)11-6-7-13(19)15(9-11)22-2/h6-7,9-10,18-19,21H,3-5,8H2,1-2H3. The molecule has 1 aromatic carbocycles. The second-order valence-corrected chi connectivity index (χ2v) is 5.10. The molecule has 6 nitrogen and oxygen atoms in total. The van der Waals surface area contributed by atoms with Crippen LogP contribution in [0.15, 0.2) is 33.5 Å². The molecule has 124 valence electrons. The van der Waals surface area contributed by atoms with Crippen LogP contribution >= 0.6 is 0 Å². The van der Waals surface area contributed by atoms with E-state index < -0.39 is 11.2 Å². The lowest BCUT2D eigenvalue weighted by Gasteiger charge is -2.09. The number of ether oxygens (including phenoxy) is 1. The Morgan fingerprint density at radius 1 is 1.26 bits per heavy atom. The molecule has 0 bridgehead atoms. The summed E-state index contributed by atoms with van der Waals surface area (Å²) < 4.78 is 10.7. The van der Waals surface area contributed by atoms with Crippen LogP contribution in [0.3, 0.4) is 0 Å². The minimum atomic E-state index is -0.489. The lowest BCUT2D eigenvalue weighted by atomic mass is 10.1. The van der Waals surface area contributed by atoms with E-state index in [1.807, 2.05) is 6.92 Å². The van der Waals surface area contributed by atoms with Crippen LogP contribution in [-0.4, -0.2) is 30.4 Å². The molecule has 2 rings (SSSR count). The van der Waals surface area contributed by atoms with E-state index in [1.54, 1.807) is 6.07 Å². The van der Waals surface area contributed by atoms with Crippen molar-refractivity contribution < 1.29 is 19.4 Å². The van der Waals surface area contributed by atoms with Crippen molar-refractivity contribution >= 4 is 0 Å². The number of hydrogen-bond acceptors (Lipinski definition) is 6. The Morgan fingerprint density at radius 3 is 2.74 bits per heavy atom. The first kappa shape index (κ1) is 16.9. The first-order valence-corrected chi connectivity index (χ1v) is 7.51. The lowest BCUT2D eigenvalue weighted by Crippen LogP contribution is -2.14. The SMILES string of the molecule is CCNCCCc1cc(=O)c(O)c(-c2ccc(O)c(OC)c2)o1. The molecule has 0 unspecified atom stereocenters. The lowest BCUT2D eigenvalue weighted by molar-refractivity contribution is 0.373. The number of aromatic hydroxyl groups is 2. The quantitative estimate of drug-likeness (QED) is 0.678. The summed E-state index contributed by atoms with van der Waals surface area (Å²) in [5, 5.41) is 22.8. The van der Waals surface area contributed by atoms with Gasteiger partial charge in [0.1, 0.15) is 5.76 Å². The minimum absolute atomic E-state index is 0.0279. The van der Waals surface area contributed by atoms with Gasteiger partial charge in [0, 0.05) is 18.1 Å². The fraction of sp³-hybridized carbons (Fsp3) is 0.353. The third-order valence-corrected chi connectivity index (χ3v) is 3.44. The number of rotatable bonds is 7. The predicted octanol–water partition coefficient (Wildman–Crippen LogP) is 2.27. The van der Waals surface area contributed by atoms with Crippen LogP contribution in [0, 0.1) is 0 Å². The van der Waals surface area contributed by atoms with Crippen LogP contribution < -0.4 is 15.5 Å². The topological polar surface area (TPSA) is 91.9 Å². The summed E-state index contributed by atoms with van der Waals surface area (Å²) in [5.74, 6) is 0.345. The number of benzene rings is 1.